The minimum absolute atomic E-state index is 0.392. The van der Waals surface area contributed by atoms with Gasteiger partial charge in [0.1, 0.15) is 6.26 Å². The van der Waals surface area contributed by atoms with E-state index < -0.39 is 11.8 Å². The first kappa shape index (κ1) is 9.45. The van der Waals surface area contributed by atoms with Crippen molar-refractivity contribution in [1.29, 1.82) is 0 Å². The number of esters is 1. The topological polar surface area (TPSA) is 26.3 Å². The molecule has 0 saturated heterocycles. The quantitative estimate of drug-likeness (QED) is 0.516. The number of carbonyl (C=O) groups excluding carboxylic acids is 1. The highest BCUT2D eigenvalue weighted by molar-refractivity contribution is 5.68. The zero-order valence-electron chi connectivity index (χ0n) is 7.16. The molecule has 1 aromatic carbocycles. The molecular formula is C10H9FO2. The molecule has 0 atom stereocenters. The molecule has 13 heavy (non-hydrogen) atoms. The van der Waals surface area contributed by atoms with Gasteiger partial charge in [-0.25, -0.2) is 4.39 Å². The van der Waals surface area contributed by atoms with Gasteiger partial charge >= 0.3 is 5.97 Å². The zero-order valence-corrected chi connectivity index (χ0v) is 7.16. The molecule has 0 amide bonds. The number of benzene rings is 1. The third kappa shape index (κ3) is 3.07. The number of hydrogen-bond acceptors (Lipinski definition) is 2. The molecule has 0 fully saturated rings. The molecular weight excluding hydrogens is 171 g/mol. The molecule has 0 spiro atoms. The second-order valence-electron chi connectivity index (χ2n) is 2.44. The van der Waals surface area contributed by atoms with E-state index in [9.17, 15) is 9.18 Å². The maximum absolute atomic E-state index is 13.1. The smallest absolute Gasteiger partial charge is 0.307 e. The van der Waals surface area contributed by atoms with Crippen molar-refractivity contribution in [3.8, 4) is 0 Å². The lowest BCUT2D eigenvalue weighted by Gasteiger charge is -1.96. The SMILES string of the molecule is CC(=O)O/C=C(\F)c1ccccc1. The summed E-state index contributed by atoms with van der Waals surface area (Å²) in [6.07, 6.45) is 0.803. The molecule has 0 bridgehead atoms. The molecule has 3 heteroatoms. The summed E-state index contributed by atoms with van der Waals surface area (Å²) in [6.45, 7) is 1.22. The zero-order chi connectivity index (χ0) is 9.68. The van der Waals surface area contributed by atoms with Crippen LogP contribution in [0.5, 0.6) is 0 Å². The van der Waals surface area contributed by atoms with Gasteiger partial charge in [0.05, 0.1) is 0 Å². The van der Waals surface area contributed by atoms with Gasteiger partial charge < -0.3 is 4.74 Å². The lowest BCUT2D eigenvalue weighted by Crippen LogP contribution is -1.90. The third-order valence-corrected chi connectivity index (χ3v) is 1.38. The van der Waals surface area contributed by atoms with Gasteiger partial charge in [-0.1, -0.05) is 30.3 Å². The Bertz CT molecular complexity index is 317. The molecule has 0 heterocycles. The van der Waals surface area contributed by atoms with Crippen LogP contribution in [-0.2, 0) is 9.53 Å². The Hall–Kier alpha value is -1.64. The Balaban J connectivity index is 2.73. The van der Waals surface area contributed by atoms with E-state index in [1.165, 1.54) is 6.92 Å². The number of carbonyl (C=O) groups is 1. The minimum Gasteiger partial charge on any atom is -0.432 e. The van der Waals surface area contributed by atoms with Crippen molar-refractivity contribution in [2.75, 3.05) is 0 Å². The van der Waals surface area contributed by atoms with Crippen LogP contribution in [0, 0.1) is 0 Å². The summed E-state index contributed by atoms with van der Waals surface area (Å²) in [5.74, 6) is -1.10. The first-order valence-corrected chi connectivity index (χ1v) is 3.78. The highest BCUT2D eigenvalue weighted by atomic mass is 19.1. The molecule has 2 nitrogen and oxygen atoms in total. The summed E-state index contributed by atoms with van der Waals surface area (Å²) in [5, 5.41) is 0. The average Bonchev–Trinajstić information content (AvgIpc) is 2.15. The third-order valence-electron chi connectivity index (χ3n) is 1.38. The van der Waals surface area contributed by atoms with Gasteiger partial charge in [0.2, 0.25) is 0 Å². The lowest BCUT2D eigenvalue weighted by atomic mass is 10.2. The molecule has 0 aliphatic rings. The van der Waals surface area contributed by atoms with Crippen LogP contribution in [0.3, 0.4) is 0 Å². The van der Waals surface area contributed by atoms with E-state index in [1.54, 1.807) is 30.3 Å². The van der Waals surface area contributed by atoms with Gasteiger partial charge in [-0.15, -0.1) is 0 Å². The number of rotatable bonds is 2. The van der Waals surface area contributed by atoms with Gasteiger partial charge in [-0.2, -0.15) is 0 Å². The van der Waals surface area contributed by atoms with Gasteiger partial charge in [0.25, 0.3) is 0 Å². The molecule has 0 saturated carbocycles. The van der Waals surface area contributed by atoms with E-state index in [0.29, 0.717) is 5.56 Å². The van der Waals surface area contributed by atoms with Crippen molar-refractivity contribution in [2.45, 2.75) is 6.92 Å². The van der Waals surface area contributed by atoms with Crippen LogP contribution in [0.25, 0.3) is 5.83 Å². The Morgan fingerprint density at radius 1 is 1.38 bits per heavy atom. The monoisotopic (exact) mass is 180 g/mol. The molecule has 0 aliphatic carbocycles. The van der Waals surface area contributed by atoms with Gasteiger partial charge in [-0.05, 0) is 0 Å². The van der Waals surface area contributed by atoms with Crippen LogP contribution in [0.15, 0.2) is 36.6 Å². The summed E-state index contributed by atoms with van der Waals surface area (Å²) in [6, 6.07) is 8.38. The van der Waals surface area contributed by atoms with Crippen LogP contribution in [-0.4, -0.2) is 5.97 Å². The highest BCUT2D eigenvalue weighted by Gasteiger charge is 1.99. The summed E-state index contributed by atoms with van der Waals surface area (Å²) in [4.78, 5) is 10.3. The van der Waals surface area contributed by atoms with Crippen molar-refractivity contribution in [1.82, 2.24) is 0 Å². The molecule has 0 aromatic heterocycles. The average molecular weight is 180 g/mol. The summed E-state index contributed by atoms with van der Waals surface area (Å²) < 4.78 is 17.5. The van der Waals surface area contributed by atoms with E-state index in [4.69, 9.17) is 0 Å². The maximum Gasteiger partial charge on any atom is 0.307 e. The van der Waals surface area contributed by atoms with E-state index in [1.807, 2.05) is 0 Å². The Morgan fingerprint density at radius 2 is 2.00 bits per heavy atom. The molecule has 1 rings (SSSR count). The van der Waals surface area contributed by atoms with Crippen LogP contribution in [0.1, 0.15) is 12.5 Å². The van der Waals surface area contributed by atoms with Gasteiger partial charge in [0, 0.05) is 12.5 Å². The molecule has 0 N–H and O–H groups in total. The van der Waals surface area contributed by atoms with Crippen molar-refractivity contribution in [3.63, 3.8) is 0 Å². The van der Waals surface area contributed by atoms with Crippen molar-refractivity contribution < 1.29 is 13.9 Å². The largest absolute Gasteiger partial charge is 0.432 e. The number of halogens is 1. The Morgan fingerprint density at radius 3 is 2.54 bits per heavy atom. The maximum atomic E-state index is 13.1. The van der Waals surface area contributed by atoms with E-state index in [0.717, 1.165) is 6.26 Å². The fourth-order valence-corrected chi connectivity index (χ4v) is 0.800. The van der Waals surface area contributed by atoms with Crippen molar-refractivity contribution >= 4 is 11.8 Å². The first-order valence-electron chi connectivity index (χ1n) is 3.78. The predicted molar refractivity (Wildman–Crippen MR) is 47.3 cm³/mol. The highest BCUT2D eigenvalue weighted by Crippen LogP contribution is 2.14. The standard InChI is InChI=1S/C10H9FO2/c1-8(12)13-7-10(11)9-5-3-2-4-6-9/h2-7H,1H3/b10-7-. The first-order chi connectivity index (χ1) is 6.20. The lowest BCUT2D eigenvalue weighted by molar-refractivity contribution is -0.135. The van der Waals surface area contributed by atoms with Gasteiger partial charge in [0.15, 0.2) is 5.83 Å². The Kier molecular flexibility index (Phi) is 3.20. The minimum atomic E-state index is -0.559. The number of ether oxygens (including phenoxy) is 1. The van der Waals surface area contributed by atoms with Crippen LogP contribution < -0.4 is 0 Å². The summed E-state index contributed by atoms with van der Waals surface area (Å²) >= 11 is 0. The molecule has 0 radical (unpaired) electrons. The van der Waals surface area contributed by atoms with E-state index in [2.05, 4.69) is 4.74 Å². The summed E-state index contributed by atoms with van der Waals surface area (Å²) in [7, 11) is 0. The second-order valence-corrected chi connectivity index (χ2v) is 2.44. The van der Waals surface area contributed by atoms with Crippen LogP contribution in [0.4, 0.5) is 4.39 Å². The fourth-order valence-electron chi connectivity index (χ4n) is 0.800. The van der Waals surface area contributed by atoms with Crippen molar-refractivity contribution in [3.05, 3.63) is 42.2 Å². The molecule has 0 unspecified atom stereocenters. The molecule has 68 valence electrons. The van der Waals surface area contributed by atoms with Crippen LogP contribution in [0.2, 0.25) is 0 Å². The number of hydrogen-bond donors (Lipinski definition) is 0. The molecule has 0 aliphatic heterocycles. The van der Waals surface area contributed by atoms with Crippen molar-refractivity contribution in [2.24, 2.45) is 0 Å². The fraction of sp³-hybridized carbons (Fsp3) is 0.100. The van der Waals surface area contributed by atoms with E-state index in [-0.39, 0.29) is 0 Å². The van der Waals surface area contributed by atoms with Gasteiger partial charge in [-0.3, -0.25) is 4.79 Å². The predicted octanol–water partition coefficient (Wildman–Crippen LogP) is 2.52. The molecule has 1 aromatic rings. The Labute approximate surface area is 75.6 Å². The second kappa shape index (κ2) is 4.40. The van der Waals surface area contributed by atoms with Crippen LogP contribution >= 0.6 is 0 Å². The summed E-state index contributed by atoms with van der Waals surface area (Å²) in [5.41, 5.74) is 0.392. The van der Waals surface area contributed by atoms with E-state index >= 15 is 0 Å². The normalized spacial score (nSPS) is 11.1.